The topological polar surface area (TPSA) is 23.5 Å². The molecule has 1 saturated carbocycles. The molecule has 0 amide bonds. The predicted molar refractivity (Wildman–Crippen MR) is 51.4 cm³/mol. The highest BCUT2D eigenvalue weighted by Crippen LogP contribution is 2.42. The van der Waals surface area contributed by atoms with Crippen molar-refractivity contribution in [2.75, 3.05) is 20.3 Å². The van der Waals surface area contributed by atoms with Gasteiger partial charge in [0.2, 0.25) is 0 Å². The van der Waals surface area contributed by atoms with E-state index < -0.39 is 12.8 Å². The fourth-order valence-corrected chi connectivity index (χ4v) is 2.18. The predicted octanol–water partition coefficient (Wildman–Crippen LogP) is 1.44. The van der Waals surface area contributed by atoms with Gasteiger partial charge in [0.15, 0.2) is 0 Å². The number of nitrogens with zero attached hydrogens (tertiary/aromatic N) is 1. The molecule has 2 atom stereocenters. The lowest BCUT2D eigenvalue weighted by atomic mass is 9.66. The molecule has 1 rings (SSSR count). The monoisotopic (exact) mass is 189 g/mol. The van der Waals surface area contributed by atoms with Crippen LogP contribution in [0.2, 0.25) is 0 Å². The maximum atomic E-state index is 12.0. The zero-order valence-corrected chi connectivity index (χ0v) is 8.76. The number of aliphatic hydroxyl groups is 1. The molecule has 0 heterocycles. The molecule has 0 radical (unpaired) electrons. The largest absolute Gasteiger partial charge is 0.389 e. The molecular formula is C10H20FNO. The number of rotatable bonds is 4. The molecule has 0 aliphatic heterocycles. The Kier molecular flexibility index (Phi) is 3.30. The van der Waals surface area contributed by atoms with Gasteiger partial charge < -0.3 is 10.0 Å². The third-order valence-electron chi connectivity index (χ3n) is 3.17. The summed E-state index contributed by atoms with van der Waals surface area (Å²) in [5.41, 5.74) is 0.338. The molecule has 0 bridgehead atoms. The molecule has 0 aromatic carbocycles. The normalized spacial score (nSPS) is 28.6. The van der Waals surface area contributed by atoms with Crippen LogP contribution in [-0.4, -0.2) is 42.4 Å². The van der Waals surface area contributed by atoms with Crippen LogP contribution in [0.25, 0.3) is 0 Å². The van der Waals surface area contributed by atoms with Gasteiger partial charge in [0.05, 0.1) is 6.10 Å². The first-order chi connectivity index (χ1) is 5.97. The van der Waals surface area contributed by atoms with Gasteiger partial charge in [0.25, 0.3) is 0 Å². The fourth-order valence-electron chi connectivity index (χ4n) is 2.18. The van der Waals surface area contributed by atoms with Crippen molar-refractivity contribution in [1.82, 2.24) is 4.90 Å². The maximum Gasteiger partial charge on any atom is 0.117 e. The quantitative estimate of drug-likeness (QED) is 0.723. The summed E-state index contributed by atoms with van der Waals surface area (Å²) in [7, 11) is 1.96. The highest BCUT2D eigenvalue weighted by atomic mass is 19.1. The standard InChI is InChI=1S/C10H20FNO/c1-10(2)5-4-9(10)12(3)7-8(13)6-11/h8-9,13H,4-7H2,1-3H3. The third kappa shape index (κ3) is 2.41. The molecule has 1 N–H and O–H groups in total. The summed E-state index contributed by atoms with van der Waals surface area (Å²) in [4.78, 5) is 2.08. The second kappa shape index (κ2) is 3.93. The van der Waals surface area contributed by atoms with Crippen LogP contribution in [-0.2, 0) is 0 Å². The van der Waals surface area contributed by atoms with Gasteiger partial charge in [-0.1, -0.05) is 13.8 Å². The van der Waals surface area contributed by atoms with Gasteiger partial charge in [-0.3, -0.25) is 0 Å². The van der Waals surface area contributed by atoms with Crippen molar-refractivity contribution >= 4 is 0 Å². The minimum Gasteiger partial charge on any atom is -0.389 e. The van der Waals surface area contributed by atoms with E-state index in [2.05, 4.69) is 18.7 Å². The van der Waals surface area contributed by atoms with Crippen molar-refractivity contribution < 1.29 is 9.50 Å². The highest BCUT2D eigenvalue weighted by molar-refractivity contribution is 4.95. The van der Waals surface area contributed by atoms with Crippen molar-refractivity contribution in [3.8, 4) is 0 Å². The minimum atomic E-state index is -0.818. The van der Waals surface area contributed by atoms with E-state index in [9.17, 15) is 4.39 Å². The van der Waals surface area contributed by atoms with Gasteiger partial charge in [-0.25, -0.2) is 4.39 Å². The molecular weight excluding hydrogens is 169 g/mol. The summed E-state index contributed by atoms with van der Waals surface area (Å²) < 4.78 is 12.0. The van der Waals surface area contributed by atoms with E-state index in [0.717, 1.165) is 0 Å². The first kappa shape index (κ1) is 10.9. The lowest BCUT2D eigenvalue weighted by Gasteiger charge is -2.49. The SMILES string of the molecule is CN(CC(O)CF)C1CCC1(C)C. The van der Waals surface area contributed by atoms with Crippen molar-refractivity contribution in [2.24, 2.45) is 5.41 Å². The zero-order chi connectivity index (χ0) is 10.1. The molecule has 13 heavy (non-hydrogen) atoms. The Hall–Kier alpha value is -0.150. The zero-order valence-electron chi connectivity index (χ0n) is 8.76. The highest BCUT2D eigenvalue weighted by Gasteiger charge is 2.40. The van der Waals surface area contributed by atoms with E-state index in [-0.39, 0.29) is 0 Å². The van der Waals surface area contributed by atoms with E-state index in [1.165, 1.54) is 12.8 Å². The van der Waals surface area contributed by atoms with Crippen molar-refractivity contribution in [1.29, 1.82) is 0 Å². The fraction of sp³-hybridized carbons (Fsp3) is 1.00. The molecule has 1 aliphatic rings. The number of hydrogen-bond donors (Lipinski definition) is 1. The van der Waals surface area contributed by atoms with E-state index in [1.807, 2.05) is 7.05 Å². The second-order valence-corrected chi connectivity index (χ2v) is 4.79. The van der Waals surface area contributed by atoms with E-state index >= 15 is 0 Å². The van der Waals surface area contributed by atoms with Crippen LogP contribution in [0.5, 0.6) is 0 Å². The number of aliphatic hydroxyl groups excluding tert-OH is 1. The van der Waals surface area contributed by atoms with Gasteiger partial charge in [-0.05, 0) is 25.3 Å². The van der Waals surface area contributed by atoms with Crippen LogP contribution in [0.15, 0.2) is 0 Å². The summed E-state index contributed by atoms with van der Waals surface area (Å²) >= 11 is 0. The summed E-state index contributed by atoms with van der Waals surface area (Å²) in [6.07, 6.45) is 1.58. The van der Waals surface area contributed by atoms with Crippen LogP contribution in [0.3, 0.4) is 0 Å². The van der Waals surface area contributed by atoms with Gasteiger partial charge in [0, 0.05) is 12.6 Å². The first-order valence-corrected chi connectivity index (χ1v) is 4.91. The molecule has 2 nitrogen and oxygen atoms in total. The summed E-state index contributed by atoms with van der Waals surface area (Å²) in [6.45, 7) is 4.25. The first-order valence-electron chi connectivity index (χ1n) is 4.91. The van der Waals surface area contributed by atoms with E-state index in [0.29, 0.717) is 18.0 Å². The minimum absolute atomic E-state index is 0.338. The number of likely N-dealkylation sites (N-methyl/N-ethyl adjacent to an activating group) is 1. The number of halogens is 1. The maximum absolute atomic E-state index is 12.0. The third-order valence-corrected chi connectivity index (χ3v) is 3.17. The molecule has 0 aromatic rings. The van der Waals surface area contributed by atoms with Crippen LogP contribution >= 0.6 is 0 Å². The Morgan fingerprint density at radius 3 is 2.54 bits per heavy atom. The van der Waals surface area contributed by atoms with E-state index in [4.69, 9.17) is 5.11 Å². The van der Waals surface area contributed by atoms with Crippen LogP contribution in [0.1, 0.15) is 26.7 Å². The molecule has 1 fully saturated rings. The summed E-state index contributed by atoms with van der Waals surface area (Å²) in [5, 5.41) is 9.15. The smallest absolute Gasteiger partial charge is 0.117 e. The molecule has 2 unspecified atom stereocenters. The van der Waals surface area contributed by atoms with E-state index in [1.54, 1.807) is 0 Å². The Morgan fingerprint density at radius 2 is 2.23 bits per heavy atom. The number of alkyl halides is 1. The Balaban J connectivity index is 2.35. The van der Waals surface area contributed by atoms with Crippen molar-refractivity contribution in [2.45, 2.75) is 38.8 Å². The molecule has 0 aromatic heterocycles. The van der Waals surface area contributed by atoms with Gasteiger partial charge in [-0.15, -0.1) is 0 Å². The summed E-state index contributed by atoms with van der Waals surface area (Å²) in [6, 6.07) is 0.508. The van der Waals surface area contributed by atoms with Crippen LogP contribution in [0.4, 0.5) is 4.39 Å². The van der Waals surface area contributed by atoms with Crippen LogP contribution in [0, 0.1) is 5.41 Å². The van der Waals surface area contributed by atoms with Gasteiger partial charge in [0.1, 0.15) is 6.67 Å². The van der Waals surface area contributed by atoms with Gasteiger partial charge in [-0.2, -0.15) is 0 Å². The Morgan fingerprint density at radius 1 is 1.62 bits per heavy atom. The summed E-state index contributed by atoms with van der Waals surface area (Å²) in [5.74, 6) is 0. The molecule has 78 valence electrons. The average Bonchev–Trinajstić information content (AvgIpc) is 2.02. The van der Waals surface area contributed by atoms with Crippen molar-refractivity contribution in [3.05, 3.63) is 0 Å². The lowest BCUT2D eigenvalue weighted by Crippen LogP contribution is -2.52. The average molecular weight is 189 g/mol. The van der Waals surface area contributed by atoms with Crippen LogP contribution < -0.4 is 0 Å². The second-order valence-electron chi connectivity index (χ2n) is 4.79. The van der Waals surface area contributed by atoms with Gasteiger partial charge >= 0.3 is 0 Å². The molecule has 3 heteroatoms. The molecule has 0 spiro atoms. The molecule has 0 saturated heterocycles. The lowest BCUT2D eigenvalue weighted by molar-refractivity contribution is -0.0117. The molecule has 1 aliphatic carbocycles. The number of hydrogen-bond acceptors (Lipinski definition) is 2. The Bertz CT molecular complexity index is 172. The van der Waals surface area contributed by atoms with Crippen molar-refractivity contribution in [3.63, 3.8) is 0 Å². The Labute approximate surface area is 79.7 Å².